The van der Waals surface area contributed by atoms with E-state index in [9.17, 15) is 13.2 Å². The summed E-state index contributed by atoms with van der Waals surface area (Å²) in [5, 5.41) is 5.35. The van der Waals surface area contributed by atoms with Gasteiger partial charge in [-0.15, -0.1) is 0 Å². The third-order valence-corrected chi connectivity index (χ3v) is 6.34. The Balaban J connectivity index is 1.47. The fourth-order valence-corrected chi connectivity index (χ4v) is 4.79. The monoisotopic (exact) mass is 421 g/mol. The Bertz CT molecular complexity index is 906. The largest absolute Gasteiger partial charge is 0.373 e. The van der Waals surface area contributed by atoms with E-state index in [1.54, 1.807) is 18.6 Å². The van der Waals surface area contributed by atoms with Crippen molar-refractivity contribution in [2.45, 2.75) is 32.6 Å². The molecule has 1 aromatic heterocycles. The van der Waals surface area contributed by atoms with Gasteiger partial charge in [0.2, 0.25) is 10.0 Å². The van der Waals surface area contributed by atoms with E-state index in [0.717, 1.165) is 5.56 Å². The summed E-state index contributed by atoms with van der Waals surface area (Å²) >= 11 is 0. The van der Waals surface area contributed by atoms with Gasteiger partial charge in [-0.1, -0.05) is 12.1 Å². The molecule has 1 aliphatic heterocycles. The van der Waals surface area contributed by atoms with Crippen molar-refractivity contribution in [2.75, 3.05) is 30.7 Å². The maximum absolute atomic E-state index is 12.5. The number of nitrogens with one attached hydrogen (secondary N) is 2. The first kappa shape index (κ1) is 21.3. The topological polar surface area (TPSA) is 106 Å². The first-order valence-corrected chi connectivity index (χ1v) is 11.2. The molecule has 1 saturated heterocycles. The highest BCUT2D eigenvalue weighted by Gasteiger charge is 2.30. The minimum atomic E-state index is -3.45. The molecule has 2 atom stereocenters. The summed E-state index contributed by atoms with van der Waals surface area (Å²) in [4.78, 5) is 16.1. The molecule has 3 rings (SSSR count). The molecule has 2 N–H and O–H groups in total. The van der Waals surface area contributed by atoms with E-state index in [4.69, 9.17) is 4.74 Å². The van der Waals surface area contributed by atoms with Crippen molar-refractivity contribution in [1.29, 1.82) is 0 Å². The lowest BCUT2D eigenvalue weighted by molar-refractivity contribution is -0.0440. The molecule has 0 bridgehead atoms. The highest BCUT2D eigenvalue weighted by molar-refractivity contribution is 7.89. The number of carbonyl (C=O) groups is 1. The van der Waals surface area contributed by atoms with Gasteiger partial charge in [-0.3, -0.25) is 0 Å². The highest BCUT2D eigenvalue weighted by atomic mass is 32.2. The molecule has 1 aromatic carbocycles. The summed E-state index contributed by atoms with van der Waals surface area (Å²) in [6.45, 7) is 5.05. The minimum absolute atomic E-state index is 0.0308. The van der Waals surface area contributed by atoms with E-state index in [2.05, 4.69) is 15.6 Å². The number of carbonyl (C=O) groups excluding carboxylic acids is 1. The van der Waals surface area contributed by atoms with Crippen molar-refractivity contribution in [3.8, 4) is 0 Å². The van der Waals surface area contributed by atoms with Crippen LogP contribution < -0.4 is 10.6 Å². The zero-order valence-electron chi connectivity index (χ0n) is 16.6. The molecule has 0 aliphatic carbocycles. The molecule has 9 nitrogen and oxygen atoms in total. The number of benzene rings is 1. The molecule has 29 heavy (non-hydrogen) atoms. The van der Waals surface area contributed by atoms with Crippen molar-refractivity contribution >= 4 is 21.7 Å². The van der Waals surface area contributed by atoms with Gasteiger partial charge in [-0.05, 0) is 31.5 Å². The summed E-state index contributed by atoms with van der Waals surface area (Å²) in [7, 11) is -3.45. The molecule has 2 heterocycles. The number of aromatic nitrogens is 2. The Kier molecular flexibility index (Phi) is 6.88. The molecule has 1 fully saturated rings. The average molecular weight is 422 g/mol. The summed E-state index contributed by atoms with van der Waals surface area (Å²) in [6.07, 6.45) is 5.02. The number of anilines is 1. The lowest BCUT2D eigenvalue weighted by Crippen LogP contribution is -2.49. The van der Waals surface area contributed by atoms with E-state index in [1.807, 2.05) is 42.8 Å². The number of amides is 2. The second-order valence-corrected chi connectivity index (χ2v) is 9.30. The van der Waals surface area contributed by atoms with Crippen LogP contribution >= 0.6 is 0 Å². The SMILES string of the molecule is C[C@@H]1CN(S(=O)(=O)CCNC(=O)Nc2cccc(Cn3ccnc3)c2)C[C@@H](C)O1. The quantitative estimate of drug-likeness (QED) is 0.705. The van der Waals surface area contributed by atoms with E-state index in [1.165, 1.54) is 4.31 Å². The zero-order valence-corrected chi connectivity index (χ0v) is 17.4. The van der Waals surface area contributed by atoms with Gasteiger partial charge >= 0.3 is 6.03 Å². The first-order valence-electron chi connectivity index (χ1n) is 9.54. The third kappa shape index (κ3) is 6.28. The minimum Gasteiger partial charge on any atom is -0.373 e. The standard InChI is InChI=1S/C19H27N5O4S/c1-15-11-24(12-16(2)28-15)29(26,27)9-7-21-19(25)22-18-5-3-4-17(10-18)13-23-8-6-20-14-23/h3-6,8,10,14-16H,7,9,11-13H2,1-2H3,(H2,21,22,25)/t15-,16-/m1/s1. The normalized spacial score (nSPS) is 20.3. The molecule has 10 heteroatoms. The molecular weight excluding hydrogens is 394 g/mol. The summed E-state index contributed by atoms with van der Waals surface area (Å²) in [6, 6.07) is 7.02. The summed E-state index contributed by atoms with van der Waals surface area (Å²) in [5.74, 6) is -0.152. The Labute approximate surface area is 171 Å². The van der Waals surface area contributed by atoms with Crippen LogP contribution in [0.1, 0.15) is 19.4 Å². The van der Waals surface area contributed by atoms with E-state index in [0.29, 0.717) is 25.3 Å². The van der Waals surface area contributed by atoms with Gasteiger partial charge in [0.25, 0.3) is 0 Å². The number of hydrogen-bond acceptors (Lipinski definition) is 5. The Morgan fingerprint density at radius 2 is 2.03 bits per heavy atom. The predicted molar refractivity (Wildman–Crippen MR) is 110 cm³/mol. The molecule has 1 aliphatic rings. The first-order chi connectivity index (χ1) is 13.8. The summed E-state index contributed by atoms with van der Waals surface area (Å²) < 4.78 is 33.9. The molecule has 0 saturated carbocycles. The smallest absolute Gasteiger partial charge is 0.319 e. The van der Waals surface area contributed by atoms with Crippen LogP contribution in [-0.2, 0) is 21.3 Å². The maximum Gasteiger partial charge on any atom is 0.319 e. The number of morpholine rings is 1. The molecular formula is C19H27N5O4S. The molecule has 0 radical (unpaired) electrons. The van der Waals surface area contributed by atoms with E-state index < -0.39 is 16.1 Å². The zero-order chi connectivity index (χ0) is 20.9. The van der Waals surface area contributed by atoms with E-state index >= 15 is 0 Å². The van der Waals surface area contributed by atoms with Crippen molar-refractivity contribution in [3.05, 3.63) is 48.5 Å². The Morgan fingerprint density at radius 1 is 1.28 bits per heavy atom. The van der Waals surface area contributed by atoms with E-state index in [-0.39, 0.29) is 24.5 Å². The van der Waals surface area contributed by atoms with Gasteiger partial charge in [0.1, 0.15) is 0 Å². The van der Waals surface area contributed by atoms with Gasteiger partial charge in [0.05, 0.1) is 24.3 Å². The van der Waals surface area contributed by atoms with Crippen LogP contribution in [0.5, 0.6) is 0 Å². The fourth-order valence-electron chi connectivity index (χ4n) is 3.29. The van der Waals surface area contributed by atoms with Gasteiger partial charge in [0.15, 0.2) is 0 Å². The van der Waals surface area contributed by atoms with Crippen LogP contribution in [0.15, 0.2) is 43.0 Å². The molecule has 0 spiro atoms. The third-order valence-electron chi connectivity index (χ3n) is 4.53. The van der Waals surface area contributed by atoms with Crippen LogP contribution in [-0.4, -0.2) is 65.9 Å². The lowest BCUT2D eigenvalue weighted by atomic mass is 10.2. The van der Waals surface area contributed by atoms with Crippen LogP contribution in [0.3, 0.4) is 0 Å². The van der Waals surface area contributed by atoms with Crippen molar-refractivity contribution < 1.29 is 17.9 Å². The number of ether oxygens (including phenoxy) is 1. The Hall–Kier alpha value is -2.43. The van der Waals surface area contributed by atoms with Gasteiger partial charge < -0.3 is 19.9 Å². The van der Waals surface area contributed by atoms with Crippen LogP contribution in [0.25, 0.3) is 0 Å². The van der Waals surface area contributed by atoms with Crippen molar-refractivity contribution in [2.24, 2.45) is 0 Å². The second-order valence-electron chi connectivity index (χ2n) is 7.21. The second kappa shape index (κ2) is 9.38. The van der Waals surface area contributed by atoms with Crippen LogP contribution in [0.4, 0.5) is 10.5 Å². The van der Waals surface area contributed by atoms with Crippen LogP contribution in [0.2, 0.25) is 0 Å². The number of nitrogens with zero attached hydrogens (tertiary/aromatic N) is 3. The van der Waals surface area contributed by atoms with Gasteiger partial charge in [-0.25, -0.2) is 18.2 Å². The fraction of sp³-hybridized carbons (Fsp3) is 0.474. The molecule has 2 amide bonds. The predicted octanol–water partition coefficient (Wildman–Crippen LogP) is 1.49. The Morgan fingerprint density at radius 3 is 2.72 bits per heavy atom. The molecule has 158 valence electrons. The molecule has 0 unspecified atom stereocenters. The van der Waals surface area contributed by atoms with Crippen molar-refractivity contribution in [3.63, 3.8) is 0 Å². The highest BCUT2D eigenvalue weighted by Crippen LogP contribution is 2.15. The average Bonchev–Trinajstić information content (AvgIpc) is 3.14. The number of sulfonamides is 1. The van der Waals surface area contributed by atoms with Gasteiger partial charge in [-0.2, -0.15) is 4.31 Å². The maximum atomic E-state index is 12.5. The summed E-state index contributed by atoms with van der Waals surface area (Å²) in [5.41, 5.74) is 1.65. The number of imidazole rings is 1. The lowest BCUT2D eigenvalue weighted by Gasteiger charge is -2.34. The number of urea groups is 1. The van der Waals surface area contributed by atoms with Crippen LogP contribution in [0, 0.1) is 0 Å². The van der Waals surface area contributed by atoms with Gasteiger partial charge in [0, 0.05) is 44.3 Å². The number of hydrogen-bond donors (Lipinski definition) is 2. The van der Waals surface area contributed by atoms with Crippen molar-refractivity contribution in [1.82, 2.24) is 19.2 Å². The molecule has 2 aromatic rings. The number of rotatable bonds is 7.